The van der Waals surface area contributed by atoms with Gasteiger partial charge in [-0.05, 0) is 30.4 Å². The molecule has 1 aromatic carbocycles. The molecule has 0 bridgehead atoms. The molecule has 27 heavy (non-hydrogen) atoms. The highest BCUT2D eigenvalue weighted by Crippen LogP contribution is 2.37. The second kappa shape index (κ2) is 6.31. The van der Waals surface area contributed by atoms with E-state index in [1.165, 1.54) is 28.6 Å². The Morgan fingerprint density at radius 2 is 1.93 bits per heavy atom. The molecule has 0 amide bonds. The van der Waals surface area contributed by atoms with E-state index in [4.69, 9.17) is 8.83 Å². The van der Waals surface area contributed by atoms with Crippen LogP contribution in [0.3, 0.4) is 0 Å². The van der Waals surface area contributed by atoms with Crippen LogP contribution in [0.1, 0.15) is 42.2 Å². The van der Waals surface area contributed by atoms with E-state index in [9.17, 15) is 8.42 Å². The minimum atomic E-state index is -3.72. The van der Waals surface area contributed by atoms with Crippen molar-refractivity contribution < 1.29 is 17.3 Å². The summed E-state index contributed by atoms with van der Waals surface area (Å²) < 4.78 is 38.5. The maximum absolute atomic E-state index is 13.0. The summed E-state index contributed by atoms with van der Waals surface area (Å²) in [5.41, 5.74) is 2.71. The van der Waals surface area contributed by atoms with Crippen molar-refractivity contribution in [1.29, 1.82) is 0 Å². The normalized spacial score (nSPS) is 18.2. The van der Waals surface area contributed by atoms with Gasteiger partial charge in [-0.1, -0.05) is 30.7 Å². The molecule has 140 valence electrons. The smallest absolute Gasteiger partial charge is 0.276 e. The summed E-state index contributed by atoms with van der Waals surface area (Å²) in [5.74, 6) is 1.25. The molecule has 1 fully saturated rings. The van der Waals surface area contributed by atoms with Gasteiger partial charge in [-0.2, -0.15) is 4.31 Å². The minimum absolute atomic E-state index is 0.0970. The Morgan fingerprint density at radius 1 is 1.11 bits per heavy atom. The SMILES string of the molecule is O=S(=O)(c1cc(-c2nnc(C3CCC3)o2)co1)N1CCc2ccccc2C1. The number of hydrogen-bond donors (Lipinski definition) is 0. The predicted octanol–water partition coefficient (Wildman–Crippen LogP) is 3.34. The number of furan rings is 1. The number of benzene rings is 1. The molecule has 7 nitrogen and oxygen atoms in total. The standard InChI is InChI=1S/C19H19N3O4S/c23-27(24,22-9-8-13-4-1-2-5-15(13)11-22)17-10-16(12-25-17)19-21-20-18(26-19)14-6-3-7-14/h1-2,4-5,10,12,14H,3,6-9,11H2. The van der Waals surface area contributed by atoms with Crippen LogP contribution in [0.5, 0.6) is 0 Å². The second-order valence-electron chi connectivity index (χ2n) is 7.08. The third kappa shape index (κ3) is 2.89. The van der Waals surface area contributed by atoms with E-state index in [1.54, 1.807) is 0 Å². The summed E-state index contributed by atoms with van der Waals surface area (Å²) in [6.45, 7) is 0.780. The summed E-state index contributed by atoms with van der Waals surface area (Å²) in [6.07, 6.45) is 5.35. The van der Waals surface area contributed by atoms with Crippen molar-refractivity contribution in [2.45, 2.75) is 43.2 Å². The van der Waals surface area contributed by atoms with E-state index >= 15 is 0 Å². The molecule has 1 aliphatic carbocycles. The van der Waals surface area contributed by atoms with Crippen LogP contribution in [-0.4, -0.2) is 29.5 Å². The molecule has 2 aromatic heterocycles. The van der Waals surface area contributed by atoms with Gasteiger partial charge in [0.15, 0.2) is 0 Å². The largest absolute Gasteiger partial charge is 0.451 e. The lowest BCUT2D eigenvalue weighted by Crippen LogP contribution is -2.35. The molecule has 0 unspecified atom stereocenters. The summed E-state index contributed by atoms with van der Waals surface area (Å²) in [4.78, 5) is 0. The summed E-state index contributed by atoms with van der Waals surface area (Å²) in [6, 6.07) is 9.37. The van der Waals surface area contributed by atoms with Crippen LogP contribution < -0.4 is 0 Å². The van der Waals surface area contributed by atoms with E-state index in [-0.39, 0.29) is 5.09 Å². The van der Waals surface area contributed by atoms with Gasteiger partial charge in [0.25, 0.3) is 15.9 Å². The van der Waals surface area contributed by atoms with Gasteiger partial charge in [-0.25, -0.2) is 8.42 Å². The number of hydrogen-bond acceptors (Lipinski definition) is 6. The Kier molecular flexibility index (Phi) is 3.91. The summed E-state index contributed by atoms with van der Waals surface area (Å²) in [7, 11) is -3.72. The molecule has 0 spiro atoms. The zero-order valence-electron chi connectivity index (χ0n) is 14.7. The number of aromatic nitrogens is 2. The van der Waals surface area contributed by atoms with E-state index in [1.807, 2.05) is 24.3 Å². The number of nitrogens with zero attached hydrogens (tertiary/aromatic N) is 3. The van der Waals surface area contributed by atoms with Gasteiger partial charge < -0.3 is 8.83 Å². The van der Waals surface area contributed by atoms with E-state index in [0.717, 1.165) is 18.4 Å². The molecule has 0 N–H and O–H groups in total. The molecule has 1 aliphatic heterocycles. The molecule has 0 atom stereocenters. The lowest BCUT2D eigenvalue weighted by molar-refractivity contribution is 0.338. The first-order chi connectivity index (χ1) is 13.1. The van der Waals surface area contributed by atoms with Crippen LogP contribution in [0, 0.1) is 0 Å². The first kappa shape index (κ1) is 16.7. The molecular formula is C19H19N3O4S. The minimum Gasteiger partial charge on any atom is -0.451 e. The highest BCUT2D eigenvalue weighted by Gasteiger charge is 2.32. The second-order valence-corrected chi connectivity index (χ2v) is 8.95. The zero-order valence-corrected chi connectivity index (χ0v) is 15.5. The third-order valence-electron chi connectivity index (χ3n) is 5.41. The van der Waals surface area contributed by atoms with Crippen LogP contribution in [-0.2, 0) is 23.0 Å². The van der Waals surface area contributed by atoms with Crippen molar-refractivity contribution in [2.24, 2.45) is 0 Å². The fourth-order valence-corrected chi connectivity index (χ4v) is 4.88. The highest BCUT2D eigenvalue weighted by atomic mass is 32.2. The van der Waals surface area contributed by atoms with Crippen LogP contribution in [0.25, 0.3) is 11.5 Å². The molecule has 1 saturated carbocycles. The Bertz CT molecular complexity index is 1080. The van der Waals surface area contributed by atoms with Crippen LogP contribution in [0.4, 0.5) is 0 Å². The third-order valence-corrected chi connectivity index (χ3v) is 7.12. The van der Waals surface area contributed by atoms with Crippen molar-refractivity contribution in [3.05, 3.63) is 53.6 Å². The van der Waals surface area contributed by atoms with Crippen molar-refractivity contribution in [1.82, 2.24) is 14.5 Å². The van der Waals surface area contributed by atoms with Gasteiger partial charge in [0.2, 0.25) is 11.0 Å². The lowest BCUT2D eigenvalue weighted by Gasteiger charge is -2.27. The van der Waals surface area contributed by atoms with Crippen molar-refractivity contribution in [2.75, 3.05) is 6.54 Å². The predicted molar refractivity (Wildman–Crippen MR) is 96.3 cm³/mol. The Labute approximate surface area is 157 Å². The van der Waals surface area contributed by atoms with Crippen molar-refractivity contribution in [3.63, 3.8) is 0 Å². The van der Waals surface area contributed by atoms with Gasteiger partial charge >= 0.3 is 0 Å². The van der Waals surface area contributed by atoms with Crippen LogP contribution >= 0.6 is 0 Å². The van der Waals surface area contributed by atoms with E-state index in [0.29, 0.717) is 42.8 Å². The maximum Gasteiger partial charge on any atom is 0.276 e. The Morgan fingerprint density at radius 3 is 2.70 bits per heavy atom. The molecule has 2 aliphatic rings. The molecule has 0 radical (unpaired) electrons. The summed E-state index contributed by atoms with van der Waals surface area (Å²) >= 11 is 0. The average molecular weight is 385 g/mol. The van der Waals surface area contributed by atoms with Crippen molar-refractivity contribution >= 4 is 10.0 Å². The van der Waals surface area contributed by atoms with Crippen LogP contribution in [0.15, 0.2) is 50.5 Å². The van der Waals surface area contributed by atoms with Crippen molar-refractivity contribution in [3.8, 4) is 11.5 Å². The topological polar surface area (TPSA) is 89.4 Å². The molecular weight excluding hydrogens is 366 g/mol. The monoisotopic (exact) mass is 385 g/mol. The Hall–Kier alpha value is -2.45. The first-order valence-electron chi connectivity index (χ1n) is 9.10. The quantitative estimate of drug-likeness (QED) is 0.684. The highest BCUT2D eigenvalue weighted by molar-refractivity contribution is 7.89. The molecule has 3 heterocycles. The fraction of sp³-hybridized carbons (Fsp3) is 0.368. The van der Waals surface area contributed by atoms with E-state index in [2.05, 4.69) is 10.2 Å². The molecule has 3 aromatic rings. The molecule has 5 rings (SSSR count). The fourth-order valence-electron chi connectivity index (χ4n) is 3.54. The van der Waals surface area contributed by atoms with Gasteiger partial charge in [0.05, 0.1) is 5.56 Å². The Balaban J connectivity index is 1.39. The number of sulfonamides is 1. The van der Waals surface area contributed by atoms with Gasteiger partial charge in [0, 0.05) is 25.1 Å². The molecule has 8 heteroatoms. The zero-order chi connectivity index (χ0) is 18.4. The lowest BCUT2D eigenvalue weighted by atomic mass is 9.85. The van der Waals surface area contributed by atoms with Gasteiger partial charge in [0.1, 0.15) is 6.26 Å². The first-order valence-corrected chi connectivity index (χ1v) is 10.5. The number of fused-ring (bicyclic) bond motifs is 1. The van der Waals surface area contributed by atoms with E-state index < -0.39 is 10.0 Å². The van der Waals surface area contributed by atoms with Crippen LogP contribution in [0.2, 0.25) is 0 Å². The van der Waals surface area contributed by atoms with Gasteiger partial charge in [-0.15, -0.1) is 10.2 Å². The molecule has 0 saturated heterocycles. The maximum atomic E-state index is 13.0. The summed E-state index contributed by atoms with van der Waals surface area (Å²) in [5, 5.41) is 8.03. The average Bonchev–Trinajstić information content (AvgIpc) is 3.29. The van der Waals surface area contributed by atoms with Gasteiger partial charge in [-0.3, -0.25) is 0 Å². The number of rotatable bonds is 4.